The Morgan fingerprint density at radius 1 is 1.40 bits per heavy atom. The molecular weight excluding hydrogens is 257 g/mol. The summed E-state index contributed by atoms with van der Waals surface area (Å²) in [5.74, 6) is -0.367. The van der Waals surface area contributed by atoms with E-state index in [4.69, 9.17) is 5.11 Å². The molecule has 3 nitrogen and oxygen atoms in total. The van der Waals surface area contributed by atoms with Gasteiger partial charge < -0.3 is 5.11 Å². The number of hydrogen-bond acceptors (Lipinski definition) is 3. The molecule has 4 heteroatoms. The maximum absolute atomic E-state index is 13.5. The first-order valence-electron chi connectivity index (χ1n) is 7.26. The summed E-state index contributed by atoms with van der Waals surface area (Å²) in [4.78, 5) is 14.3. The normalized spacial score (nSPS) is 15.4. The molecule has 0 saturated heterocycles. The fourth-order valence-electron chi connectivity index (χ4n) is 2.51. The maximum atomic E-state index is 13.5. The van der Waals surface area contributed by atoms with Crippen LogP contribution in [0, 0.1) is 12.7 Å². The largest absolute Gasteiger partial charge is 0.395 e. The summed E-state index contributed by atoms with van der Waals surface area (Å²) in [6, 6.07) is 5.14. The summed E-state index contributed by atoms with van der Waals surface area (Å²) in [6.45, 7) is 3.05. The lowest BCUT2D eigenvalue weighted by atomic mass is 9.91. The SMILES string of the molecule is Cc1ccc(C(=O)CCN(CCO)C2CCC2)cc1F. The molecule has 1 aliphatic carbocycles. The van der Waals surface area contributed by atoms with E-state index in [9.17, 15) is 9.18 Å². The number of nitrogens with zero attached hydrogens (tertiary/aromatic N) is 1. The Morgan fingerprint density at radius 2 is 2.15 bits per heavy atom. The molecule has 0 spiro atoms. The van der Waals surface area contributed by atoms with Crippen molar-refractivity contribution >= 4 is 5.78 Å². The Hall–Kier alpha value is -1.26. The van der Waals surface area contributed by atoms with Crippen molar-refractivity contribution in [1.82, 2.24) is 4.90 Å². The lowest BCUT2D eigenvalue weighted by Gasteiger charge is -2.37. The van der Waals surface area contributed by atoms with Crippen LogP contribution in [0.4, 0.5) is 4.39 Å². The highest BCUT2D eigenvalue weighted by Gasteiger charge is 2.24. The molecule has 1 saturated carbocycles. The smallest absolute Gasteiger partial charge is 0.164 e. The molecule has 20 heavy (non-hydrogen) atoms. The van der Waals surface area contributed by atoms with Crippen LogP contribution in [0.1, 0.15) is 41.6 Å². The zero-order chi connectivity index (χ0) is 14.5. The number of benzene rings is 1. The first kappa shape index (κ1) is 15.1. The molecule has 1 fully saturated rings. The maximum Gasteiger partial charge on any atom is 0.164 e. The van der Waals surface area contributed by atoms with Gasteiger partial charge in [-0.1, -0.05) is 18.6 Å². The van der Waals surface area contributed by atoms with Gasteiger partial charge in [0.15, 0.2) is 5.78 Å². The Morgan fingerprint density at radius 3 is 2.70 bits per heavy atom. The number of carbonyl (C=O) groups excluding carboxylic acids is 1. The van der Waals surface area contributed by atoms with Gasteiger partial charge in [0, 0.05) is 31.1 Å². The highest BCUT2D eigenvalue weighted by atomic mass is 19.1. The van der Waals surface area contributed by atoms with Gasteiger partial charge in [-0.2, -0.15) is 0 Å². The van der Waals surface area contributed by atoms with Crippen LogP contribution >= 0.6 is 0 Å². The van der Waals surface area contributed by atoms with Gasteiger partial charge >= 0.3 is 0 Å². The van der Waals surface area contributed by atoms with Crippen molar-refractivity contribution in [1.29, 1.82) is 0 Å². The molecule has 0 heterocycles. The molecule has 0 radical (unpaired) electrons. The number of ketones is 1. The van der Waals surface area contributed by atoms with Gasteiger partial charge in [-0.15, -0.1) is 0 Å². The summed E-state index contributed by atoms with van der Waals surface area (Å²) < 4.78 is 13.5. The number of rotatable bonds is 7. The van der Waals surface area contributed by atoms with Crippen LogP contribution in [0.5, 0.6) is 0 Å². The summed E-state index contributed by atoms with van der Waals surface area (Å²) in [6.07, 6.45) is 3.89. The Bertz CT molecular complexity index is 472. The van der Waals surface area contributed by atoms with Gasteiger partial charge in [0.25, 0.3) is 0 Å². The topological polar surface area (TPSA) is 40.5 Å². The summed E-state index contributed by atoms with van der Waals surface area (Å²) in [5.41, 5.74) is 0.989. The molecule has 1 aromatic rings. The first-order chi connectivity index (χ1) is 9.61. The van der Waals surface area contributed by atoms with E-state index < -0.39 is 0 Å². The molecule has 0 atom stereocenters. The van der Waals surface area contributed by atoms with Crippen LogP contribution in [0.2, 0.25) is 0 Å². The fourth-order valence-corrected chi connectivity index (χ4v) is 2.51. The number of aliphatic hydroxyl groups excluding tert-OH is 1. The van der Waals surface area contributed by atoms with E-state index in [1.54, 1.807) is 19.1 Å². The van der Waals surface area contributed by atoms with Gasteiger partial charge in [-0.05, 0) is 31.4 Å². The number of carbonyl (C=O) groups is 1. The zero-order valence-corrected chi connectivity index (χ0v) is 11.9. The first-order valence-corrected chi connectivity index (χ1v) is 7.26. The summed E-state index contributed by atoms with van der Waals surface area (Å²) in [5, 5.41) is 9.08. The zero-order valence-electron chi connectivity index (χ0n) is 11.9. The number of aryl methyl sites for hydroxylation is 1. The highest BCUT2D eigenvalue weighted by molar-refractivity contribution is 5.96. The second kappa shape index (κ2) is 6.95. The Labute approximate surface area is 119 Å². The standard InChI is InChI=1S/C16H22FNO2/c1-12-5-6-13(11-15(12)17)16(20)7-8-18(9-10-19)14-3-2-4-14/h5-6,11,14,19H,2-4,7-10H2,1H3. The summed E-state index contributed by atoms with van der Waals surface area (Å²) >= 11 is 0. The Kier molecular flexibility index (Phi) is 5.26. The minimum Gasteiger partial charge on any atom is -0.395 e. The quantitative estimate of drug-likeness (QED) is 0.780. The van der Waals surface area contributed by atoms with Crippen LogP contribution in [-0.2, 0) is 0 Å². The number of halogens is 1. The van der Waals surface area contributed by atoms with Gasteiger partial charge in [-0.3, -0.25) is 9.69 Å². The number of Topliss-reactive ketones (excluding diaryl/α,β-unsaturated/α-hetero) is 1. The van der Waals surface area contributed by atoms with E-state index in [-0.39, 0.29) is 18.2 Å². The van der Waals surface area contributed by atoms with Crippen molar-refractivity contribution in [3.05, 3.63) is 35.1 Å². The molecule has 0 aromatic heterocycles. The predicted molar refractivity (Wildman–Crippen MR) is 76.4 cm³/mol. The lowest BCUT2D eigenvalue weighted by molar-refractivity contribution is 0.0841. The van der Waals surface area contributed by atoms with E-state index in [0.717, 1.165) is 12.8 Å². The van der Waals surface area contributed by atoms with E-state index in [0.29, 0.717) is 36.7 Å². The van der Waals surface area contributed by atoms with Crippen LogP contribution in [0.25, 0.3) is 0 Å². The van der Waals surface area contributed by atoms with Crippen LogP contribution in [0.3, 0.4) is 0 Å². The minimum atomic E-state index is -0.331. The van der Waals surface area contributed by atoms with Gasteiger partial charge in [-0.25, -0.2) is 4.39 Å². The molecule has 0 bridgehead atoms. The van der Waals surface area contributed by atoms with Crippen molar-refractivity contribution < 1.29 is 14.3 Å². The second-order valence-corrected chi connectivity index (χ2v) is 5.48. The Balaban J connectivity index is 1.91. The highest BCUT2D eigenvalue weighted by Crippen LogP contribution is 2.24. The van der Waals surface area contributed by atoms with E-state index in [1.807, 2.05) is 0 Å². The average molecular weight is 279 g/mol. The van der Waals surface area contributed by atoms with Crippen molar-refractivity contribution in [2.75, 3.05) is 19.7 Å². The lowest BCUT2D eigenvalue weighted by Crippen LogP contribution is -2.42. The third kappa shape index (κ3) is 3.64. The monoisotopic (exact) mass is 279 g/mol. The van der Waals surface area contributed by atoms with Crippen LogP contribution in [0.15, 0.2) is 18.2 Å². The summed E-state index contributed by atoms with van der Waals surface area (Å²) in [7, 11) is 0. The van der Waals surface area contributed by atoms with Crippen molar-refractivity contribution in [3.63, 3.8) is 0 Å². The minimum absolute atomic E-state index is 0.0360. The number of hydrogen-bond donors (Lipinski definition) is 1. The molecule has 0 amide bonds. The van der Waals surface area contributed by atoms with Gasteiger partial charge in [0.2, 0.25) is 0 Å². The van der Waals surface area contributed by atoms with Crippen LogP contribution in [-0.4, -0.2) is 41.5 Å². The third-order valence-electron chi connectivity index (χ3n) is 4.10. The van der Waals surface area contributed by atoms with E-state index in [2.05, 4.69) is 4.90 Å². The average Bonchev–Trinajstić information content (AvgIpc) is 2.37. The molecule has 1 aromatic carbocycles. The predicted octanol–water partition coefficient (Wildman–Crippen LogP) is 2.55. The van der Waals surface area contributed by atoms with E-state index in [1.165, 1.54) is 12.5 Å². The molecule has 1 aliphatic rings. The molecule has 110 valence electrons. The molecular formula is C16H22FNO2. The van der Waals surface area contributed by atoms with Crippen LogP contribution < -0.4 is 0 Å². The van der Waals surface area contributed by atoms with Crippen molar-refractivity contribution in [3.8, 4) is 0 Å². The fraction of sp³-hybridized carbons (Fsp3) is 0.562. The number of aliphatic hydroxyl groups is 1. The third-order valence-corrected chi connectivity index (χ3v) is 4.10. The van der Waals surface area contributed by atoms with Gasteiger partial charge in [0.05, 0.1) is 6.61 Å². The van der Waals surface area contributed by atoms with Gasteiger partial charge in [0.1, 0.15) is 5.82 Å². The van der Waals surface area contributed by atoms with Crippen molar-refractivity contribution in [2.24, 2.45) is 0 Å². The molecule has 2 rings (SSSR count). The molecule has 0 aliphatic heterocycles. The van der Waals surface area contributed by atoms with E-state index >= 15 is 0 Å². The molecule has 0 unspecified atom stereocenters. The van der Waals surface area contributed by atoms with Crippen molar-refractivity contribution in [2.45, 2.75) is 38.6 Å². The second-order valence-electron chi connectivity index (χ2n) is 5.48. The molecule has 1 N–H and O–H groups in total.